The molecule has 1 aromatic carbocycles. The summed E-state index contributed by atoms with van der Waals surface area (Å²) in [7, 11) is 0. The molecule has 0 unspecified atom stereocenters. The highest BCUT2D eigenvalue weighted by molar-refractivity contribution is 14.1. The Labute approximate surface area is 107 Å². The van der Waals surface area contributed by atoms with E-state index in [1.54, 1.807) is 19.2 Å². The van der Waals surface area contributed by atoms with Gasteiger partial charge in [0, 0.05) is 15.2 Å². The molecule has 2 rings (SSSR count). The van der Waals surface area contributed by atoms with Crippen LogP contribution in [-0.2, 0) is 4.74 Å². The highest BCUT2D eigenvalue weighted by atomic mass is 127. The summed E-state index contributed by atoms with van der Waals surface area (Å²) >= 11 is 2.19. The summed E-state index contributed by atoms with van der Waals surface area (Å²) in [5, 5.41) is 0.956. The average molecular weight is 327 g/mol. The van der Waals surface area contributed by atoms with E-state index in [1.165, 1.54) is 0 Å². The first-order valence-electron chi connectivity index (χ1n) is 4.93. The third-order valence-corrected chi connectivity index (χ3v) is 2.75. The second-order valence-corrected chi connectivity index (χ2v) is 4.53. The number of carbonyl (C=O) groups excluding carboxylic acids is 1. The molecule has 0 aliphatic rings. The van der Waals surface area contributed by atoms with Crippen molar-refractivity contribution in [3.63, 3.8) is 0 Å². The molecule has 0 radical (unpaired) electrons. The normalized spacial score (nSPS) is 10.4. The van der Waals surface area contributed by atoms with Crippen LogP contribution in [0.5, 0.6) is 0 Å². The van der Waals surface area contributed by atoms with Gasteiger partial charge in [0.25, 0.3) is 0 Å². The number of hydrogen-bond donors (Lipinski definition) is 0. The Balaban J connectivity index is 2.46. The van der Waals surface area contributed by atoms with Crippen LogP contribution in [-0.4, -0.2) is 17.6 Å². The highest BCUT2D eigenvalue weighted by Crippen LogP contribution is 2.17. The van der Waals surface area contributed by atoms with Crippen molar-refractivity contribution in [2.24, 2.45) is 0 Å². The summed E-state index contributed by atoms with van der Waals surface area (Å²) in [5.74, 6) is -0.289. The van der Waals surface area contributed by atoms with Gasteiger partial charge in [0.15, 0.2) is 0 Å². The van der Waals surface area contributed by atoms with Gasteiger partial charge in [0.05, 0.1) is 17.7 Å². The predicted molar refractivity (Wildman–Crippen MR) is 70.4 cm³/mol. The van der Waals surface area contributed by atoms with Crippen LogP contribution >= 0.6 is 22.6 Å². The molecule has 0 atom stereocenters. The molecule has 0 bridgehead atoms. The van der Waals surface area contributed by atoms with Crippen molar-refractivity contribution in [3.8, 4) is 0 Å². The molecule has 0 N–H and O–H groups in total. The molecule has 0 spiro atoms. The number of carbonyl (C=O) groups is 1. The second-order valence-electron chi connectivity index (χ2n) is 3.28. The van der Waals surface area contributed by atoms with Gasteiger partial charge in [0.1, 0.15) is 0 Å². The van der Waals surface area contributed by atoms with E-state index in [1.807, 2.05) is 18.2 Å². The maximum atomic E-state index is 11.5. The zero-order valence-electron chi connectivity index (χ0n) is 8.74. The van der Waals surface area contributed by atoms with Gasteiger partial charge >= 0.3 is 5.97 Å². The van der Waals surface area contributed by atoms with Crippen LogP contribution in [0.1, 0.15) is 17.3 Å². The Bertz CT molecular complexity index is 540. The van der Waals surface area contributed by atoms with Crippen LogP contribution < -0.4 is 0 Å². The van der Waals surface area contributed by atoms with Crippen molar-refractivity contribution in [1.29, 1.82) is 0 Å². The minimum Gasteiger partial charge on any atom is -0.462 e. The highest BCUT2D eigenvalue weighted by Gasteiger charge is 2.07. The molecule has 0 fully saturated rings. The lowest BCUT2D eigenvalue weighted by Gasteiger charge is -2.03. The summed E-state index contributed by atoms with van der Waals surface area (Å²) in [6.45, 7) is 2.19. The first-order valence-corrected chi connectivity index (χ1v) is 6.01. The number of hydrogen-bond acceptors (Lipinski definition) is 3. The van der Waals surface area contributed by atoms with Crippen molar-refractivity contribution < 1.29 is 9.53 Å². The third-order valence-electron chi connectivity index (χ3n) is 2.16. The van der Waals surface area contributed by atoms with Crippen LogP contribution in [0.3, 0.4) is 0 Å². The second kappa shape index (κ2) is 4.78. The van der Waals surface area contributed by atoms with Crippen molar-refractivity contribution in [1.82, 2.24) is 4.98 Å². The molecule has 0 aliphatic carbocycles. The summed E-state index contributed by atoms with van der Waals surface area (Å²) in [5.41, 5.74) is 1.45. The zero-order valence-corrected chi connectivity index (χ0v) is 10.9. The Morgan fingerprint density at radius 2 is 2.25 bits per heavy atom. The summed E-state index contributed by atoms with van der Waals surface area (Å²) in [6, 6.07) is 7.37. The molecule has 16 heavy (non-hydrogen) atoms. The van der Waals surface area contributed by atoms with E-state index in [2.05, 4.69) is 27.6 Å². The third kappa shape index (κ3) is 2.32. The number of fused-ring (bicyclic) bond motifs is 1. The van der Waals surface area contributed by atoms with Crippen molar-refractivity contribution >= 4 is 39.5 Å². The van der Waals surface area contributed by atoms with Crippen LogP contribution in [0.25, 0.3) is 10.9 Å². The van der Waals surface area contributed by atoms with Gasteiger partial charge in [-0.3, -0.25) is 4.98 Å². The number of aromatic nitrogens is 1. The molecule has 1 aromatic heterocycles. The molecular formula is C12H10INO2. The van der Waals surface area contributed by atoms with Crippen molar-refractivity contribution in [2.45, 2.75) is 6.92 Å². The Morgan fingerprint density at radius 3 is 3.00 bits per heavy atom. The minimum atomic E-state index is -0.289. The SMILES string of the molecule is CCOC(=O)c1ccc2ncc(I)cc2c1. The summed E-state index contributed by atoms with van der Waals surface area (Å²) < 4.78 is 5.99. The molecule has 2 aromatic rings. The van der Waals surface area contributed by atoms with E-state index in [0.717, 1.165) is 14.5 Å². The fraction of sp³-hybridized carbons (Fsp3) is 0.167. The van der Waals surface area contributed by atoms with E-state index in [0.29, 0.717) is 12.2 Å². The molecule has 0 saturated carbocycles. The smallest absolute Gasteiger partial charge is 0.338 e. The lowest BCUT2D eigenvalue weighted by molar-refractivity contribution is 0.0526. The zero-order chi connectivity index (χ0) is 11.5. The van der Waals surface area contributed by atoms with E-state index in [9.17, 15) is 4.79 Å². The number of ether oxygens (including phenoxy) is 1. The van der Waals surface area contributed by atoms with E-state index < -0.39 is 0 Å². The fourth-order valence-electron chi connectivity index (χ4n) is 1.45. The molecule has 0 aliphatic heterocycles. The monoisotopic (exact) mass is 327 g/mol. The van der Waals surface area contributed by atoms with Crippen LogP contribution in [0, 0.1) is 3.57 Å². The number of esters is 1. The molecule has 4 heteroatoms. The summed E-state index contributed by atoms with van der Waals surface area (Å²) in [4.78, 5) is 15.8. The number of nitrogens with zero attached hydrogens (tertiary/aromatic N) is 1. The first kappa shape index (κ1) is 11.3. The van der Waals surface area contributed by atoms with Crippen molar-refractivity contribution in [2.75, 3.05) is 6.61 Å². The van der Waals surface area contributed by atoms with Crippen molar-refractivity contribution in [3.05, 3.63) is 39.6 Å². The van der Waals surface area contributed by atoms with E-state index in [-0.39, 0.29) is 5.97 Å². The fourth-order valence-corrected chi connectivity index (χ4v) is 1.92. The average Bonchev–Trinajstić information content (AvgIpc) is 2.28. The number of pyridine rings is 1. The maximum absolute atomic E-state index is 11.5. The molecule has 0 saturated heterocycles. The molecule has 3 nitrogen and oxygen atoms in total. The molecule has 82 valence electrons. The van der Waals surface area contributed by atoms with Gasteiger partial charge in [0.2, 0.25) is 0 Å². The van der Waals surface area contributed by atoms with Crippen LogP contribution in [0.4, 0.5) is 0 Å². The van der Waals surface area contributed by atoms with Gasteiger partial charge in [-0.05, 0) is 53.8 Å². The van der Waals surface area contributed by atoms with Crippen LogP contribution in [0.15, 0.2) is 30.5 Å². The number of halogens is 1. The van der Waals surface area contributed by atoms with Gasteiger partial charge in [-0.1, -0.05) is 0 Å². The van der Waals surface area contributed by atoms with Crippen LogP contribution in [0.2, 0.25) is 0 Å². The number of benzene rings is 1. The van der Waals surface area contributed by atoms with E-state index >= 15 is 0 Å². The first-order chi connectivity index (χ1) is 7.70. The summed E-state index contributed by atoms with van der Waals surface area (Å²) in [6.07, 6.45) is 1.80. The minimum absolute atomic E-state index is 0.289. The van der Waals surface area contributed by atoms with Gasteiger partial charge in [-0.25, -0.2) is 4.79 Å². The Morgan fingerprint density at radius 1 is 1.44 bits per heavy atom. The Kier molecular flexibility index (Phi) is 3.38. The van der Waals surface area contributed by atoms with E-state index in [4.69, 9.17) is 4.74 Å². The lowest BCUT2D eigenvalue weighted by Crippen LogP contribution is -2.04. The van der Waals surface area contributed by atoms with Gasteiger partial charge < -0.3 is 4.74 Å². The van der Waals surface area contributed by atoms with Gasteiger partial charge in [-0.15, -0.1) is 0 Å². The molecule has 1 heterocycles. The Hall–Kier alpha value is -1.17. The largest absolute Gasteiger partial charge is 0.462 e. The molecule has 0 amide bonds. The quantitative estimate of drug-likeness (QED) is 0.629. The lowest BCUT2D eigenvalue weighted by atomic mass is 10.1. The predicted octanol–water partition coefficient (Wildman–Crippen LogP) is 3.02. The maximum Gasteiger partial charge on any atom is 0.338 e. The number of rotatable bonds is 2. The topological polar surface area (TPSA) is 39.2 Å². The van der Waals surface area contributed by atoms with Gasteiger partial charge in [-0.2, -0.15) is 0 Å². The molecular weight excluding hydrogens is 317 g/mol. The standard InChI is InChI=1S/C12H10INO2/c1-2-16-12(15)8-3-4-11-9(5-8)6-10(13)7-14-11/h3-7H,2H2,1H3.